The van der Waals surface area contributed by atoms with E-state index >= 15 is 0 Å². The number of hydrogen-bond acceptors (Lipinski definition) is 8. The fourth-order valence-corrected chi connectivity index (χ4v) is 6.53. The number of nitrogens with zero attached hydrogens (tertiary/aromatic N) is 2. The Bertz CT molecular complexity index is 1440. The van der Waals surface area contributed by atoms with Gasteiger partial charge in [0.1, 0.15) is 17.4 Å². The van der Waals surface area contributed by atoms with Gasteiger partial charge in [0, 0.05) is 25.2 Å². The molecule has 1 heterocycles. The highest BCUT2D eigenvalue weighted by atomic mass is 127. The van der Waals surface area contributed by atoms with E-state index in [4.69, 9.17) is 13.9 Å². The van der Waals surface area contributed by atoms with E-state index in [0.717, 1.165) is 18.5 Å². The lowest BCUT2D eigenvalue weighted by Crippen LogP contribution is -2.44. The highest BCUT2D eigenvalue weighted by Gasteiger charge is 2.26. The predicted molar refractivity (Wildman–Crippen MR) is 172 cm³/mol. The maximum atomic E-state index is 13.5. The molecule has 0 spiro atoms. The summed E-state index contributed by atoms with van der Waals surface area (Å²) >= 11 is 4.42. The third kappa shape index (κ3) is 7.77. The van der Waals surface area contributed by atoms with Crippen LogP contribution in [0.15, 0.2) is 33.5 Å². The molecule has 216 valence electrons. The summed E-state index contributed by atoms with van der Waals surface area (Å²) in [5.41, 5.74) is 0.889. The number of anilines is 2. The number of ether oxygens (including phenoxy) is 2. The molecule has 0 bridgehead atoms. The predicted octanol–water partition coefficient (Wildman–Crippen LogP) is 5.95. The Morgan fingerprint density at radius 2 is 1.75 bits per heavy atom. The Morgan fingerprint density at radius 3 is 2.30 bits per heavy atom. The average Bonchev–Trinajstić information content (AvgIpc) is 2.84. The van der Waals surface area contributed by atoms with Crippen LogP contribution in [0.2, 0.25) is 0 Å². The zero-order valence-electron chi connectivity index (χ0n) is 23.6. The Hall–Kier alpha value is -2.62. The van der Waals surface area contributed by atoms with Crippen molar-refractivity contribution in [3.63, 3.8) is 0 Å². The van der Waals surface area contributed by atoms with E-state index in [1.807, 2.05) is 26.0 Å². The van der Waals surface area contributed by atoms with Crippen LogP contribution in [0.5, 0.6) is 5.75 Å². The summed E-state index contributed by atoms with van der Waals surface area (Å²) in [6.07, 6.45) is -0.293. The number of likely N-dealkylation sites (N-methyl/N-ethyl adjacent to an activating group) is 1. The van der Waals surface area contributed by atoms with Gasteiger partial charge in [0.15, 0.2) is 0 Å². The van der Waals surface area contributed by atoms with Crippen LogP contribution in [0.25, 0.3) is 10.9 Å². The summed E-state index contributed by atoms with van der Waals surface area (Å²) in [5, 5.41) is 5.97. The number of amides is 2. The van der Waals surface area contributed by atoms with Crippen LogP contribution in [-0.4, -0.2) is 53.7 Å². The van der Waals surface area contributed by atoms with Crippen molar-refractivity contribution in [1.29, 1.82) is 0 Å². The highest BCUT2D eigenvalue weighted by Crippen LogP contribution is 2.30. The van der Waals surface area contributed by atoms with Gasteiger partial charge in [-0.2, -0.15) is 4.98 Å². The van der Waals surface area contributed by atoms with Gasteiger partial charge < -0.3 is 24.1 Å². The smallest absolute Gasteiger partial charge is 0.412 e. The molecule has 2 aromatic carbocycles. The lowest BCUT2D eigenvalue weighted by molar-refractivity contribution is -0.131. The minimum Gasteiger partial charge on any atom is -0.495 e. The van der Waals surface area contributed by atoms with Crippen molar-refractivity contribution in [2.45, 2.75) is 59.6 Å². The summed E-state index contributed by atoms with van der Waals surface area (Å²) in [5.74, 6) is 0.645. The molecular formula is C28H34I2N4O6. The van der Waals surface area contributed by atoms with Crippen molar-refractivity contribution in [3.8, 4) is 5.75 Å². The lowest BCUT2D eigenvalue weighted by Gasteiger charge is -2.26. The normalized spacial score (nSPS) is 12.1. The Balaban J connectivity index is 1.97. The molecule has 1 atom stereocenters. The number of nitrogens with one attached hydrogen (secondary N) is 2. The summed E-state index contributed by atoms with van der Waals surface area (Å²) in [4.78, 5) is 45.1. The van der Waals surface area contributed by atoms with Crippen LogP contribution < -0.4 is 21.0 Å². The number of carbonyl (C=O) groups excluding carboxylic acids is 2. The van der Waals surface area contributed by atoms with Crippen molar-refractivity contribution >= 4 is 79.8 Å². The van der Waals surface area contributed by atoms with E-state index in [1.165, 1.54) is 0 Å². The minimum absolute atomic E-state index is 0.0619. The maximum absolute atomic E-state index is 13.5. The molecule has 0 aliphatic carbocycles. The van der Waals surface area contributed by atoms with Gasteiger partial charge in [-0.25, -0.2) is 9.59 Å². The fraction of sp³-hybridized carbons (Fsp3) is 0.429. The van der Waals surface area contributed by atoms with Crippen LogP contribution in [0.4, 0.5) is 16.5 Å². The van der Waals surface area contributed by atoms with Crippen LogP contribution in [-0.2, 0) is 16.0 Å². The zero-order chi connectivity index (χ0) is 29.8. The number of halogens is 2. The van der Waals surface area contributed by atoms with Crippen molar-refractivity contribution in [2.75, 3.05) is 30.8 Å². The average molecular weight is 776 g/mol. The molecule has 0 saturated carbocycles. The summed E-state index contributed by atoms with van der Waals surface area (Å²) in [6, 6.07) is 6.41. The molecule has 40 heavy (non-hydrogen) atoms. The van der Waals surface area contributed by atoms with E-state index in [-0.39, 0.29) is 17.3 Å². The maximum Gasteiger partial charge on any atom is 0.412 e. The third-order valence-electron chi connectivity index (χ3n) is 6.07. The summed E-state index contributed by atoms with van der Waals surface area (Å²) < 4.78 is 18.2. The van der Waals surface area contributed by atoms with Gasteiger partial charge in [0.05, 0.1) is 25.2 Å². The number of fused-ring (bicyclic) bond motifs is 1. The molecule has 3 rings (SSSR count). The van der Waals surface area contributed by atoms with Gasteiger partial charge in [-0.1, -0.05) is 0 Å². The standard InChI is InChI=1S/C28H34I2N4O6/c1-8-34(9-2)24(35)21(14-16-12-17(29)23(38-7)18(30)13-16)32-26-31-20-11-10-19(15(3)22(20)25(36)39-26)33-27(37)40-28(4,5)6/h10-13,21H,8-9,14H2,1-7H3,(H,31,32)(H,33,37). The van der Waals surface area contributed by atoms with Gasteiger partial charge in [0.25, 0.3) is 6.01 Å². The number of carbonyl (C=O) groups is 2. The second-order valence-electron chi connectivity index (χ2n) is 10.1. The van der Waals surface area contributed by atoms with Crippen molar-refractivity contribution in [2.24, 2.45) is 0 Å². The second kappa shape index (κ2) is 13.4. The van der Waals surface area contributed by atoms with Gasteiger partial charge in [-0.15, -0.1) is 0 Å². The topological polar surface area (TPSA) is 123 Å². The molecular weight excluding hydrogens is 742 g/mol. The molecule has 10 nitrogen and oxygen atoms in total. The molecule has 12 heteroatoms. The van der Waals surface area contributed by atoms with Crippen molar-refractivity contribution < 1.29 is 23.5 Å². The molecule has 2 amide bonds. The van der Waals surface area contributed by atoms with Gasteiger partial charge in [0.2, 0.25) is 5.91 Å². The van der Waals surface area contributed by atoms with Crippen molar-refractivity contribution in [3.05, 3.63) is 53.0 Å². The Labute approximate surface area is 260 Å². The minimum atomic E-state index is -0.734. The molecule has 0 aliphatic rings. The number of aromatic nitrogens is 1. The van der Waals surface area contributed by atoms with Crippen LogP contribution in [0, 0.1) is 14.1 Å². The summed E-state index contributed by atoms with van der Waals surface area (Å²) in [6.45, 7) is 11.9. The molecule has 1 unspecified atom stereocenters. The quantitative estimate of drug-likeness (QED) is 0.256. The van der Waals surface area contributed by atoms with E-state index in [0.29, 0.717) is 36.3 Å². The van der Waals surface area contributed by atoms with Crippen LogP contribution >= 0.6 is 45.2 Å². The molecule has 0 saturated heterocycles. The summed E-state index contributed by atoms with van der Waals surface area (Å²) in [7, 11) is 1.62. The highest BCUT2D eigenvalue weighted by molar-refractivity contribution is 14.1. The SMILES string of the molecule is CCN(CC)C(=O)C(Cc1cc(I)c(OC)c(I)c1)Nc1nc2ccc(NC(=O)OC(C)(C)C)c(C)c2c(=O)o1. The van der Waals surface area contributed by atoms with E-state index < -0.39 is 23.4 Å². The fourth-order valence-electron chi connectivity index (χ4n) is 4.20. The molecule has 0 radical (unpaired) electrons. The van der Waals surface area contributed by atoms with Crippen LogP contribution in [0.1, 0.15) is 45.7 Å². The number of benzene rings is 2. The first-order valence-electron chi connectivity index (χ1n) is 12.8. The third-order valence-corrected chi connectivity index (χ3v) is 7.67. The molecule has 0 fully saturated rings. The second-order valence-corrected chi connectivity index (χ2v) is 12.4. The first-order chi connectivity index (χ1) is 18.8. The zero-order valence-corrected chi connectivity index (χ0v) is 27.9. The largest absolute Gasteiger partial charge is 0.495 e. The Morgan fingerprint density at radius 1 is 1.12 bits per heavy atom. The molecule has 2 N–H and O–H groups in total. The number of aryl methyl sites for hydroxylation is 1. The molecule has 3 aromatic rings. The van der Waals surface area contributed by atoms with Crippen molar-refractivity contribution in [1.82, 2.24) is 9.88 Å². The monoisotopic (exact) mass is 776 g/mol. The van der Waals surface area contributed by atoms with Gasteiger partial charge in [-0.3, -0.25) is 10.1 Å². The van der Waals surface area contributed by atoms with E-state index in [2.05, 4.69) is 60.8 Å². The molecule has 0 aliphatic heterocycles. The first-order valence-corrected chi connectivity index (χ1v) is 14.9. The van der Waals surface area contributed by atoms with Crippen LogP contribution in [0.3, 0.4) is 0 Å². The Kier molecular flexibility index (Phi) is 10.7. The van der Waals surface area contributed by atoms with E-state index in [1.54, 1.807) is 51.8 Å². The van der Waals surface area contributed by atoms with Gasteiger partial charge >= 0.3 is 11.7 Å². The number of methoxy groups -OCH3 is 1. The first kappa shape index (κ1) is 31.9. The lowest BCUT2D eigenvalue weighted by atomic mass is 10.0. The molecule has 1 aromatic heterocycles. The number of hydrogen-bond donors (Lipinski definition) is 2. The number of rotatable bonds is 9. The van der Waals surface area contributed by atoms with E-state index in [9.17, 15) is 14.4 Å². The van der Waals surface area contributed by atoms with Gasteiger partial charge in [-0.05, 0) is 122 Å².